The topological polar surface area (TPSA) is 50.4 Å². The SMILES string of the molecule is CC1(CCNC(=O)OCc2ccccc2)CNC1. The van der Waals surface area contributed by atoms with Crippen LogP contribution >= 0.6 is 0 Å². The molecule has 0 saturated carbocycles. The summed E-state index contributed by atoms with van der Waals surface area (Å²) in [6.45, 7) is 5.29. The van der Waals surface area contributed by atoms with Crippen molar-refractivity contribution in [3.05, 3.63) is 35.9 Å². The Morgan fingerprint density at radius 1 is 1.39 bits per heavy atom. The van der Waals surface area contributed by atoms with Gasteiger partial charge < -0.3 is 15.4 Å². The Morgan fingerprint density at radius 3 is 2.72 bits per heavy atom. The van der Waals surface area contributed by atoms with Gasteiger partial charge in [-0.1, -0.05) is 37.3 Å². The maximum Gasteiger partial charge on any atom is 0.407 e. The number of alkyl carbamates (subject to hydrolysis) is 1. The van der Waals surface area contributed by atoms with E-state index < -0.39 is 0 Å². The zero-order valence-corrected chi connectivity index (χ0v) is 10.7. The van der Waals surface area contributed by atoms with E-state index in [9.17, 15) is 4.79 Å². The number of hydrogen-bond donors (Lipinski definition) is 2. The van der Waals surface area contributed by atoms with Gasteiger partial charge in [0.25, 0.3) is 0 Å². The highest BCUT2D eigenvalue weighted by atomic mass is 16.5. The minimum Gasteiger partial charge on any atom is -0.445 e. The highest BCUT2D eigenvalue weighted by molar-refractivity contribution is 5.67. The molecule has 1 fully saturated rings. The molecule has 98 valence electrons. The van der Waals surface area contributed by atoms with Crippen molar-refractivity contribution in [2.24, 2.45) is 5.41 Å². The number of carbonyl (C=O) groups is 1. The number of hydrogen-bond acceptors (Lipinski definition) is 3. The lowest BCUT2D eigenvalue weighted by Gasteiger charge is -2.39. The van der Waals surface area contributed by atoms with Gasteiger partial charge in [-0.15, -0.1) is 0 Å². The van der Waals surface area contributed by atoms with E-state index in [4.69, 9.17) is 4.74 Å². The fraction of sp³-hybridized carbons (Fsp3) is 0.500. The second-order valence-electron chi connectivity index (χ2n) is 5.15. The van der Waals surface area contributed by atoms with Gasteiger partial charge in [0.15, 0.2) is 0 Å². The summed E-state index contributed by atoms with van der Waals surface area (Å²) in [5.41, 5.74) is 1.34. The number of ether oxygens (including phenoxy) is 1. The van der Waals surface area contributed by atoms with Crippen molar-refractivity contribution in [2.45, 2.75) is 20.0 Å². The number of nitrogens with one attached hydrogen (secondary N) is 2. The first-order chi connectivity index (χ1) is 8.68. The van der Waals surface area contributed by atoms with Gasteiger partial charge in [0.05, 0.1) is 0 Å². The molecule has 1 aromatic rings. The normalized spacial score (nSPS) is 16.7. The third-order valence-electron chi connectivity index (χ3n) is 3.31. The van der Waals surface area contributed by atoms with E-state index in [0.29, 0.717) is 18.6 Å². The maximum atomic E-state index is 11.5. The van der Waals surface area contributed by atoms with Crippen LogP contribution in [0.1, 0.15) is 18.9 Å². The van der Waals surface area contributed by atoms with Gasteiger partial charge >= 0.3 is 6.09 Å². The molecule has 1 heterocycles. The quantitative estimate of drug-likeness (QED) is 0.837. The summed E-state index contributed by atoms with van der Waals surface area (Å²) in [7, 11) is 0. The van der Waals surface area contributed by atoms with Crippen LogP contribution in [0.25, 0.3) is 0 Å². The van der Waals surface area contributed by atoms with E-state index >= 15 is 0 Å². The number of carbonyl (C=O) groups excluding carboxylic acids is 1. The molecule has 0 aromatic heterocycles. The number of amides is 1. The first kappa shape index (κ1) is 12.9. The van der Waals surface area contributed by atoms with Gasteiger partial charge in [-0.25, -0.2) is 4.79 Å². The van der Waals surface area contributed by atoms with Gasteiger partial charge in [0.1, 0.15) is 6.61 Å². The Balaban J connectivity index is 1.60. The van der Waals surface area contributed by atoms with Crippen LogP contribution in [0, 0.1) is 5.41 Å². The Kier molecular flexibility index (Phi) is 4.20. The van der Waals surface area contributed by atoms with Crippen molar-refractivity contribution in [3.8, 4) is 0 Å². The first-order valence-electron chi connectivity index (χ1n) is 6.33. The summed E-state index contributed by atoms with van der Waals surface area (Å²) in [6, 6.07) is 9.68. The fourth-order valence-electron chi connectivity index (χ4n) is 1.97. The van der Waals surface area contributed by atoms with Gasteiger partial charge in [-0.3, -0.25) is 0 Å². The molecule has 1 amide bonds. The van der Waals surface area contributed by atoms with E-state index in [2.05, 4.69) is 17.6 Å². The van der Waals surface area contributed by atoms with E-state index in [1.165, 1.54) is 0 Å². The molecule has 1 aliphatic heterocycles. The van der Waals surface area contributed by atoms with E-state index in [0.717, 1.165) is 25.1 Å². The second-order valence-corrected chi connectivity index (χ2v) is 5.15. The lowest BCUT2D eigenvalue weighted by atomic mass is 9.81. The van der Waals surface area contributed by atoms with E-state index in [1.54, 1.807) is 0 Å². The zero-order chi connectivity index (χ0) is 12.8. The van der Waals surface area contributed by atoms with Crippen LogP contribution in [0.15, 0.2) is 30.3 Å². The van der Waals surface area contributed by atoms with Crippen molar-refractivity contribution < 1.29 is 9.53 Å². The Labute approximate surface area is 108 Å². The summed E-state index contributed by atoms with van der Waals surface area (Å²) >= 11 is 0. The van der Waals surface area contributed by atoms with Crippen LogP contribution < -0.4 is 10.6 Å². The number of benzene rings is 1. The average Bonchev–Trinajstić information content (AvgIpc) is 2.35. The molecule has 2 rings (SSSR count). The fourth-order valence-corrected chi connectivity index (χ4v) is 1.97. The van der Waals surface area contributed by atoms with Gasteiger partial charge in [-0.2, -0.15) is 0 Å². The highest BCUT2D eigenvalue weighted by Gasteiger charge is 2.30. The number of rotatable bonds is 5. The summed E-state index contributed by atoms with van der Waals surface area (Å²) in [5.74, 6) is 0. The molecule has 0 bridgehead atoms. The molecule has 4 nitrogen and oxygen atoms in total. The molecule has 4 heteroatoms. The Hall–Kier alpha value is -1.55. The van der Waals surface area contributed by atoms with Crippen molar-refractivity contribution in [3.63, 3.8) is 0 Å². The minimum absolute atomic E-state index is 0.325. The molecule has 0 aliphatic carbocycles. The molecule has 1 aliphatic rings. The second kappa shape index (κ2) is 5.87. The van der Waals surface area contributed by atoms with Crippen LogP contribution in [0.4, 0.5) is 4.79 Å². The third kappa shape index (κ3) is 3.74. The van der Waals surface area contributed by atoms with Crippen LogP contribution in [-0.2, 0) is 11.3 Å². The van der Waals surface area contributed by atoms with Crippen molar-refractivity contribution in [1.82, 2.24) is 10.6 Å². The summed E-state index contributed by atoms with van der Waals surface area (Å²) in [6.07, 6.45) is 0.648. The lowest BCUT2D eigenvalue weighted by molar-refractivity contribution is 0.133. The Morgan fingerprint density at radius 2 is 2.11 bits per heavy atom. The van der Waals surface area contributed by atoms with Crippen LogP contribution in [-0.4, -0.2) is 25.7 Å². The van der Waals surface area contributed by atoms with Crippen LogP contribution in [0.2, 0.25) is 0 Å². The molecule has 0 unspecified atom stereocenters. The van der Waals surface area contributed by atoms with Crippen molar-refractivity contribution in [2.75, 3.05) is 19.6 Å². The molecule has 0 radical (unpaired) electrons. The average molecular weight is 248 g/mol. The molecule has 18 heavy (non-hydrogen) atoms. The lowest BCUT2D eigenvalue weighted by Crippen LogP contribution is -2.52. The molecule has 2 N–H and O–H groups in total. The largest absolute Gasteiger partial charge is 0.445 e. The van der Waals surface area contributed by atoms with Gasteiger partial charge in [-0.05, 0) is 17.4 Å². The molecular weight excluding hydrogens is 228 g/mol. The standard InChI is InChI=1S/C14H20N2O2/c1-14(10-15-11-14)7-8-16-13(17)18-9-12-5-3-2-4-6-12/h2-6,15H,7-11H2,1H3,(H,16,17). The zero-order valence-electron chi connectivity index (χ0n) is 10.7. The highest BCUT2D eigenvalue weighted by Crippen LogP contribution is 2.24. The van der Waals surface area contributed by atoms with Gasteiger partial charge in [0.2, 0.25) is 0 Å². The minimum atomic E-state index is -0.338. The summed E-state index contributed by atoms with van der Waals surface area (Å²) in [4.78, 5) is 11.5. The predicted molar refractivity (Wildman–Crippen MR) is 70.2 cm³/mol. The molecular formula is C14H20N2O2. The Bertz CT molecular complexity index is 388. The van der Waals surface area contributed by atoms with E-state index in [1.807, 2.05) is 30.3 Å². The van der Waals surface area contributed by atoms with Crippen LogP contribution in [0.3, 0.4) is 0 Å². The van der Waals surface area contributed by atoms with Crippen LogP contribution in [0.5, 0.6) is 0 Å². The van der Waals surface area contributed by atoms with Gasteiger partial charge in [0, 0.05) is 19.6 Å². The van der Waals surface area contributed by atoms with E-state index in [-0.39, 0.29) is 6.09 Å². The smallest absolute Gasteiger partial charge is 0.407 e. The molecule has 0 spiro atoms. The van der Waals surface area contributed by atoms with Crippen molar-refractivity contribution >= 4 is 6.09 Å². The monoisotopic (exact) mass is 248 g/mol. The molecule has 1 aromatic carbocycles. The molecule has 1 saturated heterocycles. The third-order valence-corrected chi connectivity index (χ3v) is 3.31. The van der Waals surface area contributed by atoms with Crippen molar-refractivity contribution in [1.29, 1.82) is 0 Å². The summed E-state index contributed by atoms with van der Waals surface area (Å²) in [5, 5.41) is 6.03. The first-order valence-corrected chi connectivity index (χ1v) is 6.33. The molecule has 0 atom stereocenters. The predicted octanol–water partition coefficient (Wildman–Crippen LogP) is 1.91. The summed E-state index contributed by atoms with van der Waals surface area (Å²) < 4.78 is 5.13. The maximum absolute atomic E-state index is 11.5.